The zero-order valence-electron chi connectivity index (χ0n) is 9.73. The predicted molar refractivity (Wildman–Crippen MR) is 76.2 cm³/mol. The van der Waals surface area contributed by atoms with Crippen molar-refractivity contribution in [2.24, 2.45) is 5.92 Å². The molecule has 16 heavy (non-hydrogen) atoms. The fraction of sp³-hybridized carbons (Fsp3) is 0.308. The predicted octanol–water partition coefficient (Wildman–Crippen LogP) is 4.10. The molecule has 0 fully saturated rings. The second-order valence-electron chi connectivity index (χ2n) is 4.17. The molecule has 0 saturated carbocycles. The molecule has 0 atom stereocenters. The first-order valence-electron chi connectivity index (χ1n) is 5.35. The molecule has 1 nitrogen and oxygen atoms in total. The molecule has 0 radical (unpaired) electrons. The highest BCUT2D eigenvalue weighted by Gasteiger charge is 2.21. The van der Waals surface area contributed by atoms with E-state index in [-0.39, 0.29) is 0 Å². The minimum absolute atomic E-state index is 0.431. The van der Waals surface area contributed by atoms with E-state index in [4.69, 9.17) is 12.2 Å². The Morgan fingerprint density at radius 3 is 2.69 bits per heavy atom. The lowest BCUT2D eigenvalue weighted by atomic mass is 10.1. The number of hydrogen-bond acceptors (Lipinski definition) is 3. The summed E-state index contributed by atoms with van der Waals surface area (Å²) in [5.41, 5.74) is 1.27. The Morgan fingerprint density at radius 2 is 2.06 bits per heavy atom. The molecule has 1 heterocycles. The summed E-state index contributed by atoms with van der Waals surface area (Å²) in [5, 5.41) is 1.22. The van der Waals surface area contributed by atoms with Crippen LogP contribution in [-0.4, -0.2) is 11.9 Å². The van der Waals surface area contributed by atoms with Crippen LogP contribution >= 0.6 is 24.0 Å². The van der Waals surface area contributed by atoms with E-state index in [2.05, 4.69) is 56.1 Å². The largest absolute Gasteiger partial charge is 0.338 e. The van der Waals surface area contributed by atoms with Crippen LogP contribution in [0.25, 0.3) is 0 Å². The van der Waals surface area contributed by atoms with Crippen molar-refractivity contribution in [3.63, 3.8) is 0 Å². The van der Waals surface area contributed by atoms with Gasteiger partial charge in [-0.1, -0.05) is 50.0 Å². The molecule has 0 amide bonds. The van der Waals surface area contributed by atoms with Gasteiger partial charge in [-0.05, 0) is 24.1 Å². The highest BCUT2D eigenvalue weighted by atomic mass is 32.2. The summed E-state index contributed by atoms with van der Waals surface area (Å²) < 4.78 is 0. The minimum Gasteiger partial charge on any atom is -0.338 e. The molecule has 1 aromatic rings. The Morgan fingerprint density at radius 1 is 1.38 bits per heavy atom. The number of thiocarbonyl (C=S) groups is 1. The van der Waals surface area contributed by atoms with Crippen molar-refractivity contribution in [3.05, 3.63) is 35.4 Å². The van der Waals surface area contributed by atoms with Crippen LogP contribution in [0.5, 0.6) is 0 Å². The summed E-state index contributed by atoms with van der Waals surface area (Å²) in [5.74, 6) is 0.431. The summed E-state index contributed by atoms with van der Waals surface area (Å²) in [6.45, 7) is 4.26. The molecule has 2 rings (SSSR count). The monoisotopic (exact) mass is 249 g/mol. The van der Waals surface area contributed by atoms with Crippen LogP contribution in [0.15, 0.2) is 40.3 Å². The topological polar surface area (TPSA) is 3.24 Å². The molecule has 3 heteroatoms. The quantitative estimate of drug-likeness (QED) is 0.574. The fourth-order valence-electron chi connectivity index (χ4n) is 1.54. The first-order valence-corrected chi connectivity index (χ1v) is 6.58. The van der Waals surface area contributed by atoms with E-state index >= 15 is 0 Å². The van der Waals surface area contributed by atoms with Crippen molar-refractivity contribution in [2.75, 3.05) is 11.9 Å². The molecule has 0 unspecified atom stereocenters. The smallest absolute Gasteiger partial charge is 0.0810 e. The average Bonchev–Trinajstić information content (AvgIpc) is 2.56. The van der Waals surface area contributed by atoms with Gasteiger partial charge < -0.3 is 4.90 Å². The second kappa shape index (κ2) is 4.60. The van der Waals surface area contributed by atoms with Crippen molar-refractivity contribution in [2.45, 2.75) is 18.7 Å². The van der Waals surface area contributed by atoms with E-state index < -0.39 is 0 Å². The van der Waals surface area contributed by atoms with Crippen molar-refractivity contribution in [1.29, 1.82) is 0 Å². The van der Waals surface area contributed by atoms with Crippen LogP contribution in [0, 0.1) is 5.92 Å². The van der Waals surface area contributed by atoms with Crippen LogP contribution in [0.3, 0.4) is 0 Å². The zero-order chi connectivity index (χ0) is 11.7. The van der Waals surface area contributed by atoms with E-state index in [1.165, 1.54) is 15.6 Å². The molecule has 0 spiro atoms. The van der Waals surface area contributed by atoms with Gasteiger partial charge in [-0.25, -0.2) is 0 Å². The van der Waals surface area contributed by atoms with Gasteiger partial charge in [-0.2, -0.15) is 0 Å². The third kappa shape index (κ3) is 2.15. The molecule has 0 aliphatic carbocycles. The van der Waals surface area contributed by atoms with Crippen LogP contribution in [-0.2, 0) is 0 Å². The molecule has 84 valence electrons. The molecule has 1 aliphatic rings. The summed E-state index contributed by atoms with van der Waals surface area (Å²) in [7, 11) is 2.09. The zero-order valence-corrected chi connectivity index (χ0v) is 11.4. The van der Waals surface area contributed by atoms with Gasteiger partial charge in [-0.3, -0.25) is 0 Å². The van der Waals surface area contributed by atoms with E-state index in [0.717, 1.165) is 4.86 Å². The normalized spacial score (nSPS) is 17.0. The summed E-state index contributed by atoms with van der Waals surface area (Å²) >= 11 is 7.15. The lowest BCUT2D eigenvalue weighted by Gasteiger charge is -2.14. The molecule has 0 aromatic heterocycles. The Labute approximate surface area is 107 Å². The van der Waals surface area contributed by atoms with Gasteiger partial charge in [0.05, 0.1) is 10.7 Å². The van der Waals surface area contributed by atoms with Crippen LogP contribution in [0.2, 0.25) is 0 Å². The lowest BCUT2D eigenvalue weighted by molar-refractivity contribution is 0.904. The third-order valence-electron chi connectivity index (χ3n) is 2.61. The van der Waals surface area contributed by atoms with Gasteiger partial charge >= 0.3 is 0 Å². The molecule has 0 saturated heterocycles. The van der Waals surface area contributed by atoms with Crippen LogP contribution in [0.1, 0.15) is 13.8 Å². The number of fused-ring (bicyclic) bond motifs is 1. The molecule has 0 bridgehead atoms. The first kappa shape index (κ1) is 11.7. The van der Waals surface area contributed by atoms with Gasteiger partial charge in [0.2, 0.25) is 0 Å². The summed E-state index contributed by atoms with van der Waals surface area (Å²) in [4.78, 5) is 4.53. The summed E-state index contributed by atoms with van der Waals surface area (Å²) in [6, 6.07) is 8.43. The molecule has 0 N–H and O–H groups in total. The maximum Gasteiger partial charge on any atom is 0.0810 e. The number of thioether (sulfide) groups is 1. The van der Waals surface area contributed by atoms with Gasteiger partial charge in [0.15, 0.2) is 0 Å². The van der Waals surface area contributed by atoms with Crippen molar-refractivity contribution >= 4 is 34.5 Å². The van der Waals surface area contributed by atoms with Gasteiger partial charge in [-0.15, -0.1) is 0 Å². The molecular formula is C13H15NS2. The number of allylic oxidation sites excluding steroid dienone is 1. The highest BCUT2D eigenvalue weighted by molar-refractivity contribution is 8.03. The van der Waals surface area contributed by atoms with Gasteiger partial charge in [0.1, 0.15) is 0 Å². The fourth-order valence-corrected chi connectivity index (χ4v) is 2.82. The molecular weight excluding hydrogens is 234 g/mol. The van der Waals surface area contributed by atoms with Gasteiger partial charge in [0, 0.05) is 16.8 Å². The Kier molecular flexibility index (Phi) is 3.36. The number of hydrogen-bond donors (Lipinski definition) is 0. The van der Waals surface area contributed by atoms with E-state index in [1.54, 1.807) is 11.8 Å². The molecule has 1 aromatic carbocycles. The number of rotatable bonds is 2. The number of benzene rings is 1. The maximum atomic E-state index is 5.36. The minimum atomic E-state index is 0.431. The molecule has 1 aliphatic heterocycles. The van der Waals surface area contributed by atoms with Crippen molar-refractivity contribution in [1.82, 2.24) is 0 Å². The number of anilines is 1. The second-order valence-corrected chi connectivity index (χ2v) is 5.70. The van der Waals surface area contributed by atoms with Crippen molar-refractivity contribution < 1.29 is 0 Å². The van der Waals surface area contributed by atoms with Crippen LogP contribution in [0.4, 0.5) is 5.69 Å². The van der Waals surface area contributed by atoms with E-state index in [0.29, 0.717) is 5.92 Å². The average molecular weight is 249 g/mol. The van der Waals surface area contributed by atoms with Crippen molar-refractivity contribution in [3.8, 4) is 0 Å². The summed E-state index contributed by atoms with van der Waals surface area (Å²) in [6.07, 6.45) is 2.12. The first-order chi connectivity index (χ1) is 7.59. The number of nitrogens with zero attached hydrogens (tertiary/aromatic N) is 1. The lowest BCUT2D eigenvalue weighted by Crippen LogP contribution is -2.12. The van der Waals surface area contributed by atoms with E-state index in [1.807, 2.05) is 0 Å². The van der Waals surface area contributed by atoms with Crippen LogP contribution < -0.4 is 4.90 Å². The highest BCUT2D eigenvalue weighted by Crippen LogP contribution is 2.44. The van der Waals surface area contributed by atoms with E-state index in [9.17, 15) is 0 Å². The Hall–Kier alpha value is -0.800. The SMILES string of the molecule is CC(C)C(=S)/C=C1/Sc2ccccc2N1C. The standard InChI is InChI=1S/C13H15NS2/c1-9(2)11(15)8-13-14(3)10-6-4-5-7-12(10)16-13/h4-9H,1-3H3/b13-8+. The van der Waals surface area contributed by atoms with Gasteiger partial charge in [0.25, 0.3) is 0 Å². The Bertz CT molecular complexity index is 449. The third-order valence-corrected chi connectivity index (χ3v) is 4.36. The maximum absolute atomic E-state index is 5.36. The Balaban J connectivity index is 2.28. The number of para-hydroxylation sites is 1.